The van der Waals surface area contributed by atoms with Crippen LogP contribution < -0.4 is 0 Å². The second kappa shape index (κ2) is 3.89. The summed E-state index contributed by atoms with van der Waals surface area (Å²) < 4.78 is 4.53. The predicted octanol–water partition coefficient (Wildman–Crippen LogP) is 0.791. The van der Waals surface area contributed by atoms with Gasteiger partial charge in [0.1, 0.15) is 5.78 Å². The van der Waals surface area contributed by atoms with Crippen molar-refractivity contribution >= 4 is 27.8 Å². The first-order valence-electron chi connectivity index (χ1n) is 3.65. The Bertz CT molecular complexity index is 207. The van der Waals surface area contributed by atoms with Crippen LogP contribution in [0.5, 0.6) is 0 Å². The first-order chi connectivity index (χ1) is 5.65. The average molecular weight is 236 g/mol. The molecule has 0 spiro atoms. The van der Waals surface area contributed by atoms with Crippen LogP contribution in [-0.2, 0) is 9.53 Å². The van der Waals surface area contributed by atoms with E-state index in [0.717, 1.165) is 0 Å². The second-order valence-corrected chi connectivity index (χ2v) is 3.71. The van der Waals surface area contributed by atoms with Gasteiger partial charge in [0, 0.05) is 19.5 Å². The molecule has 0 N–H and O–H groups in total. The first kappa shape index (κ1) is 9.51. The summed E-state index contributed by atoms with van der Waals surface area (Å²) in [6, 6.07) is 0. The van der Waals surface area contributed by atoms with Crippen LogP contribution in [0.2, 0.25) is 0 Å². The quantitative estimate of drug-likeness (QED) is 0.584. The molecule has 0 unspecified atom stereocenters. The Morgan fingerprint density at radius 2 is 2.42 bits per heavy atom. The standard InChI is InChI=1S/C7H10BrNO3/c1-12-7(11)9-3-2-6(10)5(8)4-9/h5H,2-4H2,1H3/t5-/m0/s1. The number of methoxy groups -OCH3 is 1. The van der Waals surface area contributed by atoms with Crippen molar-refractivity contribution in [1.29, 1.82) is 0 Å². The SMILES string of the molecule is COC(=O)N1CCC(=O)[C@@H](Br)C1. The number of amides is 1. The molecule has 1 aliphatic rings. The van der Waals surface area contributed by atoms with E-state index in [9.17, 15) is 9.59 Å². The molecular formula is C7H10BrNO3. The van der Waals surface area contributed by atoms with Gasteiger partial charge in [0.25, 0.3) is 0 Å². The van der Waals surface area contributed by atoms with Crippen molar-refractivity contribution in [2.24, 2.45) is 0 Å². The Labute approximate surface area is 79.0 Å². The molecule has 0 radical (unpaired) electrons. The Morgan fingerprint density at radius 1 is 1.75 bits per heavy atom. The van der Waals surface area contributed by atoms with Crippen LogP contribution in [0.25, 0.3) is 0 Å². The molecule has 4 nitrogen and oxygen atoms in total. The number of nitrogens with zero attached hydrogens (tertiary/aromatic N) is 1. The molecule has 1 atom stereocenters. The zero-order chi connectivity index (χ0) is 9.14. The number of ether oxygens (including phenoxy) is 1. The molecular weight excluding hydrogens is 226 g/mol. The van der Waals surface area contributed by atoms with E-state index in [1.165, 1.54) is 12.0 Å². The molecule has 5 heteroatoms. The van der Waals surface area contributed by atoms with E-state index in [-0.39, 0.29) is 16.7 Å². The van der Waals surface area contributed by atoms with Gasteiger partial charge in [-0.1, -0.05) is 15.9 Å². The summed E-state index contributed by atoms with van der Waals surface area (Å²) in [5.74, 6) is 0.148. The molecule has 1 aliphatic heterocycles. The van der Waals surface area contributed by atoms with Crippen molar-refractivity contribution < 1.29 is 14.3 Å². The number of rotatable bonds is 0. The minimum atomic E-state index is -0.369. The Kier molecular flexibility index (Phi) is 3.08. The largest absolute Gasteiger partial charge is 0.453 e. The van der Waals surface area contributed by atoms with E-state index in [1.54, 1.807) is 0 Å². The maximum absolute atomic E-state index is 11.0. The van der Waals surface area contributed by atoms with Crippen LogP contribution in [0.15, 0.2) is 0 Å². The molecule has 0 aromatic carbocycles. The van der Waals surface area contributed by atoms with Gasteiger partial charge in [-0.15, -0.1) is 0 Å². The van der Waals surface area contributed by atoms with Gasteiger partial charge in [0.05, 0.1) is 11.9 Å². The lowest BCUT2D eigenvalue weighted by Crippen LogP contribution is -2.44. The van der Waals surface area contributed by atoms with Crippen LogP contribution >= 0.6 is 15.9 Å². The maximum atomic E-state index is 11.0. The number of piperidine rings is 1. The molecule has 0 aromatic rings. The Hall–Kier alpha value is -0.580. The summed E-state index contributed by atoms with van der Waals surface area (Å²) in [6.45, 7) is 0.874. The molecule has 1 heterocycles. The van der Waals surface area contributed by atoms with Gasteiger partial charge < -0.3 is 9.64 Å². The molecule has 1 rings (SSSR count). The summed E-state index contributed by atoms with van der Waals surface area (Å²) in [5, 5.41) is 0. The molecule has 0 saturated carbocycles. The molecule has 1 fully saturated rings. The van der Waals surface area contributed by atoms with E-state index in [4.69, 9.17) is 0 Å². The third-order valence-electron chi connectivity index (χ3n) is 1.79. The van der Waals surface area contributed by atoms with Crippen molar-refractivity contribution in [3.05, 3.63) is 0 Å². The Morgan fingerprint density at radius 3 is 2.92 bits per heavy atom. The minimum Gasteiger partial charge on any atom is -0.453 e. The van der Waals surface area contributed by atoms with Crippen molar-refractivity contribution in [3.63, 3.8) is 0 Å². The van der Waals surface area contributed by atoms with Crippen molar-refractivity contribution in [1.82, 2.24) is 4.90 Å². The number of hydrogen-bond donors (Lipinski definition) is 0. The number of likely N-dealkylation sites (tertiary alicyclic amines) is 1. The lowest BCUT2D eigenvalue weighted by atomic mass is 10.1. The van der Waals surface area contributed by atoms with Gasteiger partial charge >= 0.3 is 6.09 Å². The highest BCUT2D eigenvalue weighted by atomic mass is 79.9. The van der Waals surface area contributed by atoms with Gasteiger partial charge in [-0.3, -0.25) is 4.79 Å². The zero-order valence-corrected chi connectivity index (χ0v) is 8.33. The molecule has 0 bridgehead atoms. The smallest absolute Gasteiger partial charge is 0.409 e. The van der Waals surface area contributed by atoms with E-state index in [1.807, 2.05) is 0 Å². The highest BCUT2D eigenvalue weighted by Crippen LogP contribution is 2.14. The van der Waals surface area contributed by atoms with E-state index >= 15 is 0 Å². The molecule has 1 amide bonds. The number of Topliss-reactive ketones (excluding diaryl/α,β-unsaturated/α-hetero) is 1. The third kappa shape index (κ3) is 1.97. The van der Waals surface area contributed by atoms with Crippen molar-refractivity contribution in [3.8, 4) is 0 Å². The average Bonchev–Trinajstić information content (AvgIpc) is 2.08. The number of alkyl halides is 1. The first-order valence-corrected chi connectivity index (χ1v) is 4.56. The fourth-order valence-corrected chi connectivity index (χ4v) is 1.66. The summed E-state index contributed by atoms with van der Waals surface area (Å²) in [6.07, 6.45) is 0.0392. The van der Waals surface area contributed by atoms with E-state index < -0.39 is 0 Å². The highest BCUT2D eigenvalue weighted by molar-refractivity contribution is 9.10. The predicted molar refractivity (Wildman–Crippen MR) is 46.3 cm³/mol. The van der Waals surface area contributed by atoms with Crippen LogP contribution in [0, 0.1) is 0 Å². The summed E-state index contributed by atoms with van der Waals surface area (Å²) >= 11 is 3.19. The van der Waals surface area contributed by atoms with E-state index in [0.29, 0.717) is 19.5 Å². The number of hydrogen-bond acceptors (Lipinski definition) is 3. The highest BCUT2D eigenvalue weighted by Gasteiger charge is 2.27. The minimum absolute atomic E-state index is 0.148. The van der Waals surface area contributed by atoms with Gasteiger partial charge in [-0.2, -0.15) is 0 Å². The molecule has 0 aliphatic carbocycles. The van der Waals surface area contributed by atoms with Gasteiger partial charge in [0.2, 0.25) is 0 Å². The number of carbonyl (C=O) groups excluding carboxylic acids is 2. The second-order valence-electron chi connectivity index (χ2n) is 2.60. The molecule has 68 valence electrons. The van der Waals surface area contributed by atoms with Crippen LogP contribution in [0.1, 0.15) is 6.42 Å². The zero-order valence-electron chi connectivity index (χ0n) is 6.75. The summed E-state index contributed by atoms with van der Waals surface area (Å²) in [7, 11) is 1.34. The summed E-state index contributed by atoms with van der Waals surface area (Å²) in [4.78, 5) is 23.3. The topological polar surface area (TPSA) is 46.6 Å². The van der Waals surface area contributed by atoms with Crippen molar-refractivity contribution in [2.75, 3.05) is 20.2 Å². The van der Waals surface area contributed by atoms with Crippen LogP contribution in [0.4, 0.5) is 4.79 Å². The molecule has 0 aromatic heterocycles. The fraction of sp³-hybridized carbons (Fsp3) is 0.714. The van der Waals surface area contributed by atoms with Gasteiger partial charge in [-0.25, -0.2) is 4.79 Å². The lowest BCUT2D eigenvalue weighted by Gasteiger charge is -2.27. The lowest BCUT2D eigenvalue weighted by molar-refractivity contribution is -0.120. The number of ketones is 1. The fourth-order valence-electron chi connectivity index (χ4n) is 1.08. The van der Waals surface area contributed by atoms with Crippen LogP contribution in [-0.4, -0.2) is 41.8 Å². The van der Waals surface area contributed by atoms with Crippen molar-refractivity contribution in [2.45, 2.75) is 11.2 Å². The monoisotopic (exact) mass is 235 g/mol. The molecule has 1 saturated heterocycles. The maximum Gasteiger partial charge on any atom is 0.409 e. The number of halogens is 1. The number of carbonyl (C=O) groups is 2. The Balaban J connectivity index is 2.50. The van der Waals surface area contributed by atoms with Gasteiger partial charge in [-0.05, 0) is 0 Å². The third-order valence-corrected chi connectivity index (χ3v) is 2.59. The van der Waals surface area contributed by atoms with E-state index in [2.05, 4.69) is 20.7 Å². The molecule has 12 heavy (non-hydrogen) atoms. The summed E-state index contributed by atoms with van der Waals surface area (Å²) in [5.41, 5.74) is 0. The normalized spacial score (nSPS) is 24.0. The van der Waals surface area contributed by atoms with Crippen LogP contribution in [0.3, 0.4) is 0 Å². The van der Waals surface area contributed by atoms with Gasteiger partial charge in [0.15, 0.2) is 0 Å².